The Labute approximate surface area is 98.2 Å². The summed E-state index contributed by atoms with van der Waals surface area (Å²) in [6, 6.07) is 0. The molecule has 1 amide bonds. The molecule has 4 unspecified atom stereocenters. The average molecular weight is 224 g/mol. The van der Waals surface area contributed by atoms with E-state index in [9.17, 15) is 4.79 Å². The van der Waals surface area contributed by atoms with Crippen molar-refractivity contribution in [2.24, 2.45) is 23.5 Å². The normalized spacial score (nSPS) is 36.1. The van der Waals surface area contributed by atoms with Crippen LogP contribution in [0.3, 0.4) is 0 Å². The molecule has 16 heavy (non-hydrogen) atoms. The molecule has 0 aromatic heterocycles. The van der Waals surface area contributed by atoms with Crippen LogP contribution < -0.4 is 11.1 Å². The van der Waals surface area contributed by atoms with Gasteiger partial charge in [-0.05, 0) is 50.4 Å². The van der Waals surface area contributed by atoms with Crippen molar-refractivity contribution < 1.29 is 4.79 Å². The summed E-state index contributed by atoms with van der Waals surface area (Å²) in [5.74, 6) is 2.55. The molecular weight excluding hydrogens is 200 g/mol. The van der Waals surface area contributed by atoms with E-state index in [0.717, 1.165) is 24.3 Å². The number of nitrogens with one attached hydrogen (secondary N) is 1. The third-order valence-electron chi connectivity index (χ3n) is 4.66. The predicted molar refractivity (Wildman–Crippen MR) is 64.8 cm³/mol. The first kappa shape index (κ1) is 11.9. The van der Waals surface area contributed by atoms with Gasteiger partial charge in [0.1, 0.15) is 0 Å². The Kier molecular flexibility index (Phi) is 3.24. The Bertz CT molecular complexity index is 275. The van der Waals surface area contributed by atoms with Crippen LogP contribution in [0.4, 0.5) is 0 Å². The van der Waals surface area contributed by atoms with Crippen LogP contribution in [-0.4, -0.2) is 18.0 Å². The average Bonchev–Trinajstić information content (AvgIpc) is 2.87. The summed E-state index contributed by atoms with van der Waals surface area (Å²) in [5.41, 5.74) is 5.21. The molecule has 2 aliphatic carbocycles. The van der Waals surface area contributed by atoms with E-state index in [0.29, 0.717) is 6.42 Å². The summed E-state index contributed by atoms with van der Waals surface area (Å²) in [4.78, 5) is 11.8. The standard InChI is InChI=1S/C13H24N2O/c1-3-13(2,14)12(16)15-8-11-7-9-4-5-10(11)6-9/h9-11H,3-8,14H2,1-2H3,(H,15,16). The summed E-state index contributed by atoms with van der Waals surface area (Å²) in [5, 5.41) is 3.04. The van der Waals surface area contributed by atoms with Gasteiger partial charge in [-0.2, -0.15) is 0 Å². The van der Waals surface area contributed by atoms with E-state index in [1.165, 1.54) is 25.7 Å². The summed E-state index contributed by atoms with van der Waals surface area (Å²) >= 11 is 0. The van der Waals surface area contributed by atoms with Gasteiger partial charge in [0.2, 0.25) is 5.91 Å². The fourth-order valence-corrected chi connectivity index (χ4v) is 3.21. The molecule has 0 aromatic rings. The number of amides is 1. The molecule has 0 heterocycles. The van der Waals surface area contributed by atoms with Crippen LogP contribution in [0.15, 0.2) is 0 Å². The van der Waals surface area contributed by atoms with Crippen LogP contribution in [0, 0.1) is 17.8 Å². The minimum absolute atomic E-state index is 0.0118. The molecule has 4 atom stereocenters. The Balaban J connectivity index is 1.78. The van der Waals surface area contributed by atoms with Crippen molar-refractivity contribution in [1.82, 2.24) is 5.32 Å². The zero-order valence-electron chi connectivity index (χ0n) is 10.5. The van der Waals surface area contributed by atoms with Gasteiger partial charge in [0, 0.05) is 6.54 Å². The lowest BCUT2D eigenvalue weighted by atomic mass is 9.88. The lowest BCUT2D eigenvalue weighted by molar-refractivity contribution is -0.126. The summed E-state index contributed by atoms with van der Waals surface area (Å²) in [6.07, 6.45) is 6.19. The maximum atomic E-state index is 11.8. The fourth-order valence-electron chi connectivity index (χ4n) is 3.21. The largest absolute Gasteiger partial charge is 0.354 e. The second kappa shape index (κ2) is 4.36. The highest BCUT2D eigenvalue weighted by molar-refractivity contribution is 5.85. The predicted octanol–water partition coefficient (Wildman–Crippen LogP) is 1.67. The number of carbonyl (C=O) groups excluding carboxylic acids is 1. The third kappa shape index (κ3) is 2.24. The molecule has 92 valence electrons. The molecular formula is C13H24N2O. The molecule has 0 aromatic carbocycles. The Morgan fingerprint density at radius 3 is 2.69 bits per heavy atom. The molecule has 2 aliphatic rings. The van der Waals surface area contributed by atoms with Gasteiger partial charge in [0.15, 0.2) is 0 Å². The van der Waals surface area contributed by atoms with E-state index in [1.807, 2.05) is 13.8 Å². The van der Waals surface area contributed by atoms with Gasteiger partial charge >= 0.3 is 0 Å². The number of hydrogen-bond donors (Lipinski definition) is 2. The molecule has 2 saturated carbocycles. The van der Waals surface area contributed by atoms with Gasteiger partial charge < -0.3 is 11.1 Å². The lowest BCUT2D eigenvalue weighted by Gasteiger charge is -2.26. The minimum atomic E-state index is -0.697. The van der Waals surface area contributed by atoms with Crippen LogP contribution in [0.2, 0.25) is 0 Å². The van der Waals surface area contributed by atoms with Crippen molar-refractivity contribution >= 4 is 5.91 Å². The molecule has 3 nitrogen and oxygen atoms in total. The molecule has 2 bridgehead atoms. The SMILES string of the molecule is CCC(C)(N)C(=O)NCC1CC2CCC1C2. The van der Waals surface area contributed by atoms with Gasteiger partial charge in [-0.25, -0.2) is 0 Å². The number of hydrogen-bond acceptors (Lipinski definition) is 2. The first-order valence-corrected chi connectivity index (χ1v) is 6.60. The smallest absolute Gasteiger partial charge is 0.239 e. The van der Waals surface area contributed by atoms with Gasteiger partial charge in [0.25, 0.3) is 0 Å². The van der Waals surface area contributed by atoms with Gasteiger partial charge in [0.05, 0.1) is 5.54 Å². The second-order valence-corrected chi connectivity index (χ2v) is 5.92. The first-order valence-electron chi connectivity index (χ1n) is 6.60. The number of nitrogens with two attached hydrogens (primary N) is 1. The van der Waals surface area contributed by atoms with Crippen molar-refractivity contribution in [3.05, 3.63) is 0 Å². The molecule has 3 heteroatoms. The van der Waals surface area contributed by atoms with Crippen molar-refractivity contribution in [3.8, 4) is 0 Å². The Morgan fingerprint density at radius 1 is 1.44 bits per heavy atom. The number of carbonyl (C=O) groups is 1. The van der Waals surface area contributed by atoms with Crippen LogP contribution >= 0.6 is 0 Å². The molecule has 0 aliphatic heterocycles. The van der Waals surface area contributed by atoms with Gasteiger partial charge in [-0.3, -0.25) is 4.79 Å². The van der Waals surface area contributed by atoms with Crippen molar-refractivity contribution in [2.45, 2.75) is 51.5 Å². The summed E-state index contributed by atoms with van der Waals surface area (Å²) in [7, 11) is 0. The van der Waals surface area contributed by atoms with Crippen molar-refractivity contribution in [1.29, 1.82) is 0 Å². The monoisotopic (exact) mass is 224 g/mol. The second-order valence-electron chi connectivity index (χ2n) is 5.92. The van der Waals surface area contributed by atoms with E-state index in [2.05, 4.69) is 5.32 Å². The highest BCUT2D eigenvalue weighted by Crippen LogP contribution is 2.47. The topological polar surface area (TPSA) is 55.1 Å². The lowest BCUT2D eigenvalue weighted by Crippen LogP contribution is -2.52. The van der Waals surface area contributed by atoms with Gasteiger partial charge in [-0.15, -0.1) is 0 Å². The van der Waals surface area contributed by atoms with Crippen LogP contribution in [0.25, 0.3) is 0 Å². The highest BCUT2D eigenvalue weighted by Gasteiger charge is 2.39. The maximum Gasteiger partial charge on any atom is 0.239 e. The van der Waals surface area contributed by atoms with Gasteiger partial charge in [-0.1, -0.05) is 13.3 Å². The van der Waals surface area contributed by atoms with E-state index < -0.39 is 5.54 Å². The minimum Gasteiger partial charge on any atom is -0.354 e. The molecule has 2 rings (SSSR count). The molecule has 0 spiro atoms. The quantitative estimate of drug-likeness (QED) is 0.763. The van der Waals surface area contributed by atoms with E-state index >= 15 is 0 Å². The molecule has 0 radical (unpaired) electrons. The van der Waals surface area contributed by atoms with E-state index in [4.69, 9.17) is 5.73 Å². The number of rotatable bonds is 4. The summed E-state index contributed by atoms with van der Waals surface area (Å²) in [6.45, 7) is 4.60. The highest BCUT2D eigenvalue weighted by atomic mass is 16.2. The van der Waals surface area contributed by atoms with Crippen LogP contribution in [0.1, 0.15) is 46.0 Å². The molecule has 3 N–H and O–H groups in total. The Morgan fingerprint density at radius 2 is 2.19 bits per heavy atom. The summed E-state index contributed by atoms with van der Waals surface area (Å²) < 4.78 is 0. The first-order chi connectivity index (χ1) is 7.53. The van der Waals surface area contributed by atoms with E-state index in [1.54, 1.807) is 0 Å². The van der Waals surface area contributed by atoms with Crippen LogP contribution in [-0.2, 0) is 4.79 Å². The number of fused-ring (bicyclic) bond motifs is 2. The zero-order valence-corrected chi connectivity index (χ0v) is 10.5. The fraction of sp³-hybridized carbons (Fsp3) is 0.923. The Hall–Kier alpha value is -0.570. The van der Waals surface area contributed by atoms with Crippen molar-refractivity contribution in [2.75, 3.05) is 6.54 Å². The van der Waals surface area contributed by atoms with Crippen molar-refractivity contribution in [3.63, 3.8) is 0 Å². The zero-order chi connectivity index (χ0) is 11.8. The molecule has 0 saturated heterocycles. The van der Waals surface area contributed by atoms with E-state index in [-0.39, 0.29) is 5.91 Å². The van der Waals surface area contributed by atoms with Crippen LogP contribution in [0.5, 0.6) is 0 Å². The molecule has 2 fully saturated rings. The third-order valence-corrected chi connectivity index (χ3v) is 4.66. The maximum absolute atomic E-state index is 11.8.